The van der Waals surface area contributed by atoms with E-state index in [1.54, 1.807) is 24.3 Å². The average Bonchev–Trinajstić information content (AvgIpc) is 2.66. The first kappa shape index (κ1) is 19.6. The maximum atomic E-state index is 12.7. The Morgan fingerprint density at radius 3 is 2.21 bits per heavy atom. The number of sulfonamides is 1. The number of aryl methyl sites for hydroxylation is 2. The third kappa shape index (κ3) is 4.78. The van der Waals surface area contributed by atoms with Crippen molar-refractivity contribution in [1.82, 2.24) is 4.98 Å². The van der Waals surface area contributed by atoms with Crippen LogP contribution in [0.2, 0.25) is 0 Å². The number of aromatic nitrogens is 1. The number of rotatable bonds is 6. The Bertz CT molecular complexity index is 1080. The van der Waals surface area contributed by atoms with Gasteiger partial charge in [-0.15, -0.1) is 0 Å². The summed E-state index contributed by atoms with van der Waals surface area (Å²) in [6.07, 6.45) is 3.84. The van der Waals surface area contributed by atoms with Crippen LogP contribution in [0.3, 0.4) is 0 Å². The maximum Gasteiger partial charge on any atom is 0.261 e. The molecule has 5 nitrogen and oxygen atoms in total. The molecule has 0 fully saturated rings. The van der Waals surface area contributed by atoms with Crippen molar-refractivity contribution < 1.29 is 13.2 Å². The third-order valence-corrected chi connectivity index (χ3v) is 5.52. The summed E-state index contributed by atoms with van der Waals surface area (Å²) in [4.78, 5) is 4.54. The van der Waals surface area contributed by atoms with Gasteiger partial charge in [0.25, 0.3) is 10.0 Å². The number of anilines is 1. The Hall–Kier alpha value is -3.12. The van der Waals surface area contributed by atoms with Gasteiger partial charge in [0, 0.05) is 11.4 Å². The minimum absolute atomic E-state index is 0.174. The second-order valence-electron chi connectivity index (χ2n) is 6.38. The number of para-hydroxylation sites is 1. The summed E-state index contributed by atoms with van der Waals surface area (Å²) in [7, 11) is -2.17. The number of nitrogens with zero attached hydrogens (tertiary/aromatic N) is 1. The molecule has 0 saturated heterocycles. The topological polar surface area (TPSA) is 68.3 Å². The molecule has 3 aromatic rings. The van der Waals surface area contributed by atoms with E-state index in [9.17, 15) is 8.42 Å². The van der Waals surface area contributed by atoms with Crippen LogP contribution in [0.15, 0.2) is 65.6 Å². The highest BCUT2D eigenvalue weighted by atomic mass is 32.2. The van der Waals surface area contributed by atoms with Crippen molar-refractivity contribution >= 4 is 27.9 Å². The first-order chi connectivity index (χ1) is 13.4. The molecule has 0 bridgehead atoms. The first-order valence-electron chi connectivity index (χ1n) is 8.77. The molecule has 0 aliphatic heterocycles. The number of hydrogen-bond acceptors (Lipinski definition) is 4. The first-order valence-corrected chi connectivity index (χ1v) is 10.2. The Morgan fingerprint density at radius 2 is 1.57 bits per heavy atom. The Kier molecular flexibility index (Phi) is 5.80. The summed E-state index contributed by atoms with van der Waals surface area (Å²) in [5.74, 6) is 0.602. The largest absolute Gasteiger partial charge is 0.497 e. The fourth-order valence-electron chi connectivity index (χ4n) is 2.84. The molecule has 0 saturated carbocycles. The fraction of sp³-hybridized carbons (Fsp3) is 0.136. The van der Waals surface area contributed by atoms with Crippen LogP contribution in [0, 0.1) is 13.8 Å². The van der Waals surface area contributed by atoms with Crippen LogP contribution in [0.4, 0.5) is 5.69 Å². The smallest absolute Gasteiger partial charge is 0.261 e. The molecule has 0 spiro atoms. The zero-order valence-corrected chi connectivity index (χ0v) is 16.8. The van der Waals surface area contributed by atoms with E-state index in [2.05, 4.69) is 9.71 Å². The van der Waals surface area contributed by atoms with Crippen molar-refractivity contribution in [3.8, 4) is 5.75 Å². The van der Waals surface area contributed by atoms with Gasteiger partial charge >= 0.3 is 0 Å². The molecule has 0 amide bonds. The molecule has 2 aromatic carbocycles. The van der Waals surface area contributed by atoms with Crippen molar-refractivity contribution in [3.63, 3.8) is 0 Å². The zero-order valence-electron chi connectivity index (χ0n) is 16.0. The lowest BCUT2D eigenvalue weighted by atomic mass is 10.1. The highest BCUT2D eigenvalue weighted by Crippen LogP contribution is 2.23. The molecule has 3 rings (SSSR count). The molecule has 1 N–H and O–H groups in total. The van der Waals surface area contributed by atoms with Crippen LogP contribution in [-0.2, 0) is 10.0 Å². The maximum absolute atomic E-state index is 12.7. The number of benzene rings is 2. The quantitative estimate of drug-likeness (QED) is 0.659. The van der Waals surface area contributed by atoms with Crippen molar-refractivity contribution in [2.75, 3.05) is 11.8 Å². The van der Waals surface area contributed by atoms with Crippen molar-refractivity contribution in [1.29, 1.82) is 0 Å². The molecule has 0 atom stereocenters. The Morgan fingerprint density at radius 1 is 0.929 bits per heavy atom. The van der Waals surface area contributed by atoms with Crippen LogP contribution < -0.4 is 9.46 Å². The normalized spacial score (nSPS) is 11.5. The van der Waals surface area contributed by atoms with Crippen LogP contribution in [0.25, 0.3) is 12.2 Å². The lowest BCUT2D eigenvalue weighted by Gasteiger charge is -2.11. The molecule has 0 radical (unpaired) electrons. The van der Waals surface area contributed by atoms with E-state index in [-0.39, 0.29) is 4.90 Å². The average molecular weight is 394 g/mol. The summed E-state index contributed by atoms with van der Waals surface area (Å²) < 4.78 is 33.2. The van der Waals surface area contributed by atoms with Gasteiger partial charge in [-0.2, -0.15) is 0 Å². The van der Waals surface area contributed by atoms with E-state index in [4.69, 9.17) is 4.74 Å². The van der Waals surface area contributed by atoms with Crippen LogP contribution in [0.5, 0.6) is 5.75 Å². The molecule has 1 heterocycles. The minimum Gasteiger partial charge on any atom is -0.497 e. The van der Waals surface area contributed by atoms with Crippen LogP contribution in [0.1, 0.15) is 22.5 Å². The van der Waals surface area contributed by atoms with Gasteiger partial charge < -0.3 is 4.74 Å². The monoisotopic (exact) mass is 394 g/mol. The van der Waals surface area contributed by atoms with Gasteiger partial charge in [0.1, 0.15) is 5.75 Å². The van der Waals surface area contributed by atoms with Gasteiger partial charge in [0.15, 0.2) is 0 Å². The molecule has 144 valence electrons. The summed E-state index contributed by atoms with van der Waals surface area (Å²) in [6, 6.07) is 17.5. The van der Waals surface area contributed by atoms with Gasteiger partial charge in [0.2, 0.25) is 0 Å². The Labute approximate surface area is 165 Å². The van der Waals surface area contributed by atoms with Crippen LogP contribution >= 0.6 is 0 Å². The second-order valence-corrected chi connectivity index (χ2v) is 8.07. The summed E-state index contributed by atoms with van der Waals surface area (Å²) in [6.45, 7) is 3.89. The number of pyridine rings is 1. The lowest BCUT2D eigenvalue weighted by Crippen LogP contribution is -2.13. The summed E-state index contributed by atoms with van der Waals surface area (Å²) >= 11 is 0. The molecular weight excluding hydrogens is 372 g/mol. The van der Waals surface area contributed by atoms with Crippen molar-refractivity contribution in [2.24, 2.45) is 0 Å². The van der Waals surface area contributed by atoms with E-state index >= 15 is 0 Å². The highest BCUT2D eigenvalue weighted by molar-refractivity contribution is 7.92. The molecule has 6 heteroatoms. The van der Waals surface area contributed by atoms with Gasteiger partial charge in [-0.1, -0.05) is 30.4 Å². The third-order valence-electron chi connectivity index (χ3n) is 4.13. The van der Waals surface area contributed by atoms with Gasteiger partial charge in [0.05, 0.1) is 17.7 Å². The second kappa shape index (κ2) is 8.27. The molecule has 1 aromatic heterocycles. The summed E-state index contributed by atoms with van der Waals surface area (Å²) in [5, 5.41) is 0. The molecular formula is C22H22N2O3S. The van der Waals surface area contributed by atoms with Crippen LogP contribution in [-0.4, -0.2) is 20.5 Å². The lowest BCUT2D eigenvalue weighted by molar-refractivity contribution is 0.414. The number of hydrogen-bond donors (Lipinski definition) is 1. The van der Waals surface area contributed by atoms with E-state index < -0.39 is 10.0 Å². The fourth-order valence-corrected chi connectivity index (χ4v) is 3.93. The van der Waals surface area contributed by atoms with Crippen molar-refractivity contribution in [2.45, 2.75) is 18.7 Å². The SMILES string of the molecule is COc1ccc(S(=O)(=O)Nc2ccccc2C=Cc2cc(C)nc(C)c2)cc1. The summed E-state index contributed by atoms with van der Waals surface area (Å²) in [5.41, 5.74) is 4.17. The minimum atomic E-state index is -3.71. The number of nitrogens with one attached hydrogen (secondary N) is 1. The van der Waals surface area contributed by atoms with E-state index in [1.807, 2.05) is 50.3 Å². The predicted octanol–water partition coefficient (Wildman–Crippen LogP) is 4.68. The molecule has 0 aliphatic carbocycles. The molecule has 0 aliphatic rings. The zero-order chi connectivity index (χ0) is 20.1. The molecule has 0 unspecified atom stereocenters. The highest BCUT2D eigenvalue weighted by Gasteiger charge is 2.15. The van der Waals surface area contributed by atoms with Gasteiger partial charge in [-0.25, -0.2) is 8.42 Å². The molecule has 28 heavy (non-hydrogen) atoms. The van der Waals surface area contributed by atoms with Gasteiger partial charge in [-0.05, 0) is 67.4 Å². The van der Waals surface area contributed by atoms with Gasteiger partial charge in [-0.3, -0.25) is 9.71 Å². The van der Waals surface area contributed by atoms with E-state index in [1.165, 1.54) is 19.2 Å². The Balaban J connectivity index is 1.88. The number of ether oxygens (including phenoxy) is 1. The van der Waals surface area contributed by atoms with E-state index in [0.717, 1.165) is 22.5 Å². The predicted molar refractivity (Wildman–Crippen MR) is 113 cm³/mol. The van der Waals surface area contributed by atoms with Crippen molar-refractivity contribution in [3.05, 3.63) is 83.2 Å². The standard InChI is InChI=1S/C22H22N2O3S/c1-16-14-18(15-17(2)23-16)8-9-19-6-4-5-7-22(19)24-28(25,26)21-12-10-20(27-3)11-13-21/h4-15,24H,1-3H3. The number of methoxy groups -OCH3 is 1. The van der Waals surface area contributed by atoms with E-state index in [0.29, 0.717) is 11.4 Å².